The van der Waals surface area contributed by atoms with Crippen molar-refractivity contribution in [1.82, 2.24) is 4.72 Å². The van der Waals surface area contributed by atoms with E-state index in [1.807, 2.05) is 0 Å². The normalized spacial score (nSPS) is 16.0. The first-order valence-corrected chi connectivity index (χ1v) is 8.26. The number of carbonyl (C=O) groups is 2. The third kappa shape index (κ3) is 3.01. The van der Waals surface area contributed by atoms with Crippen LogP contribution in [0.5, 0.6) is 11.5 Å². The maximum atomic E-state index is 14.9. The van der Waals surface area contributed by atoms with Crippen molar-refractivity contribution in [2.24, 2.45) is 0 Å². The minimum Gasteiger partial charge on any atom is -0.506 e. The van der Waals surface area contributed by atoms with Crippen molar-refractivity contribution in [3.63, 3.8) is 0 Å². The molecule has 1 amide bonds. The molecule has 3 N–H and O–H groups in total. The largest absolute Gasteiger partial charge is 0.506 e. The van der Waals surface area contributed by atoms with E-state index >= 15 is 0 Å². The average Bonchev–Trinajstić information content (AvgIpc) is 2.78. The Kier molecular flexibility index (Phi) is 3.87. The number of nitrogens with one attached hydrogen (secondary N) is 1. The summed E-state index contributed by atoms with van der Waals surface area (Å²) in [6.07, 6.45) is 0. The van der Waals surface area contributed by atoms with Gasteiger partial charge in [0.15, 0.2) is 12.4 Å². The number of hydrogen-bond acceptors (Lipinski definition) is 6. The molecule has 2 aromatic rings. The van der Waals surface area contributed by atoms with Crippen LogP contribution in [0.2, 0.25) is 0 Å². The first kappa shape index (κ1) is 16.8. The van der Waals surface area contributed by atoms with Gasteiger partial charge in [-0.05, 0) is 23.6 Å². The summed E-state index contributed by atoms with van der Waals surface area (Å²) in [6, 6.07) is 5.06. The molecule has 1 fully saturated rings. The van der Waals surface area contributed by atoms with E-state index in [-0.39, 0.29) is 16.5 Å². The summed E-state index contributed by atoms with van der Waals surface area (Å²) in [5, 5.41) is 18.8. The van der Waals surface area contributed by atoms with Gasteiger partial charge in [-0.2, -0.15) is 8.42 Å². The number of carboxylic acid groups (broad SMARTS) is 1. The molecule has 11 heteroatoms. The number of aromatic hydroxyl groups is 1. The Bertz CT molecular complexity index is 1010. The van der Waals surface area contributed by atoms with Gasteiger partial charge in [-0.25, -0.2) is 18.2 Å². The standard InChI is InChI=1S/C14H11FN2O7S/c15-13-9-4-8(24-6-12(20)21)2-1-7(9)3-10(18)14(13)17-5-11(19)16-25(17,22)23/h1-4,18H,5-6H2,(H,16,19)(H,20,21). The predicted molar refractivity (Wildman–Crippen MR) is 83.1 cm³/mol. The number of nitrogens with zero attached hydrogens (tertiary/aromatic N) is 1. The Balaban J connectivity index is 2.13. The molecule has 0 bridgehead atoms. The van der Waals surface area contributed by atoms with Crippen LogP contribution in [0.3, 0.4) is 0 Å². The molecule has 0 radical (unpaired) electrons. The van der Waals surface area contributed by atoms with Gasteiger partial charge in [0.1, 0.15) is 23.7 Å². The lowest BCUT2D eigenvalue weighted by molar-refractivity contribution is -0.139. The molecule has 0 saturated carbocycles. The molecule has 0 aliphatic carbocycles. The summed E-state index contributed by atoms with van der Waals surface area (Å²) in [6.45, 7) is -1.31. The minimum atomic E-state index is -4.31. The number of benzene rings is 2. The number of phenolic OH excluding ortho intramolecular Hbond substituents is 1. The lowest BCUT2D eigenvalue weighted by Gasteiger charge is -2.18. The topological polar surface area (TPSA) is 133 Å². The molecule has 25 heavy (non-hydrogen) atoms. The van der Waals surface area contributed by atoms with Crippen molar-refractivity contribution in [2.75, 3.05) is 17.5 Å². The number of ether oxygens (including phenoxy) is 1. The Labute approximate surface area is 140 Å². The quantitative estimate of drug-likeness (QED) is 0.706. The summed E-state index contributed by atoms with van der Waals surface area (Å²) in [7, 11) is -4.31. The summed E-state index contributed by atoms with van der Waals surface area (Å²) in [5.74, 6) is -3.79. The average molecular weight is 370 g/mol. The van der Waals surface area contributed by atoms with Gasteiger partial charge in [-0.3, -0.25) is 4.79 Å². The molecule has 9 nitrogen and oxygen atoms in total. The van der Waals surface area contributed by atoms with E-state index in [0.29, 0.717) is 4.31 Å². The Morgan fingerprint density at radius 2 is 2.08 bits per heavy atom. The fraction of sp³-hybridized carbons (Fsp3) is 0.143. The van der Waals surface area contributed by atoms with Crippen LogP contribution >= 0.6 is 0 Å². The van der Waals surface area contributed by atoms with Crippen LogP contribution in [-0.4, -0.2) is 43.7 Å². The van der Waals surface area contributed by atoms with E-state index in [4.69, 9.17) is 9.84 Å². The number of halogens is 1. The smallest absolute Gasteiger partial charge is 0.341 e. The Hall–Kier alpha value is -3.08. The molecule has 3 rings (SSSR count). The van der Waals surface area contributed by atoms with E-state index in [1.165, 1.54) is 18.2 Å². The second-order valence-corrected chi connectivity index (χ2v) is 6.76. The summed E-state index contributed by atoms with van der Waals surface area (Å²) >= 11 is 0. The van der Waals surface area contributed by atoms with Crippen molar-refractivity contribution < 1.29 is 37.3 Å². The lowest BCUT2D eigenvalue weighted by atomic mass is 10.1. The van der Waals surface area contributed by atoms with Crippen LogP contribution < -0.4 is 13.8 Å². The highest BCUT2D eigenvalue weighted by atomic mass is 32.2. The molecule has 132 valence electrons. The van der Waals surface area contributed by atoms with Gasteiger partial charge in [-0.15, -0.1) is 0 Å². The fourth-order valence-corrected chi connectivity index (χ4v) is 3.59. The highest BCUT2D eigenvalue weighted by molar-refractivity contribution is 7.92. The zero-order chi connectivity index (χ0) is 18.4. The third-order valence-electron chi connectivity index (χ3n) is 3.44. The van der Waals surface area contributed by atoms with Crippen molar-refractivity contribution in [3.05, 3.63) is 30.1 Å². The summed E-state index contributed by atoms with van der Waals surface area (Å²) < 4.78 is 45.7. The predicted octanol–water partition coefficient (Wildman–Crippen LogP) is 0.329. The number of aliphatic carboxylic acids is 1. The van der Waals surface area contributed by atoms with Gasteiger partial charge in [0.2, 0.25) is 0 Å². The number of anilines is 1. The Morgan fingerprint density at radius 3 is 2.68 bits per heavy atom. The highest BCUT2D eigenvalue weighted by Gasteiger charge is 2.37. The van der Waals surface area contributed by atoms with E-state index in [0.717, 1.165) is 6.07 Å². The zero-order valence-corrected chi connectivity index (χ0v) is 13.2. The summed E-state index contributed by atoms with van der Waals surface area (Å²) in [5.41, 5.74) is -0.679. The minimum absolute atomic E-state index is 0.0453. The number of amides is 1. The molecule has 1 heterocycles. The number of rotatable bonds is 4. The number of carboxylic acids is 1. The lowest BCUT2D eigenvalue weighted by Crippen LogP contribution is -2.30. The van der Waals surface area contributed by atoms with Crippen molar-refractivity contribution in [2.45, 2.75) is 0 Å². The number of fused-ring (bicyclic) bond motifs is 1. The molecule has 2 aromatic carbocycles. The van der Waals surface area contributed by atoms with Gasteiger partial charge in [0.25, 0.3) is 5.91 Å². The maximum absolute atomic E-state index is 14.9. The van der Waals surface area contributed by atoms with Crippen LogP contribution in [0.4, 0.5) is 10.1 Å². The van der Waals surface area contributed by atoms with Crippen molar-refractivity contribution in [1.29, 1.82) is 0 Å². The van der Waals surface area contributed by atoms with Gasteiger partial charge >= 0.3 is 16.2 Å². The molecule has 0 unspecified atom stereocenters. The molecule has 0 atom stereocenters. The molecule has 1 aliphatic heterocycles. The summed E-state index contributed by atoms with van der Waals surface area (Å²) in [4.78, 5) is 21.9. The van der Waals surface area contributed by atoms with E-state index < -0.39 is 52.5 Å². The molecular weight excluding hydrogens is 359 g/mol. The van der Waals surface area contributed by atoms with Gasteiger partial charge < -0.3 is 14.9 Å². The SMILES string of the molecule is O=C(O)COc1ccc2cc(O)c(N3CC(=O)NS3(=O)=O)c(F)c2c1. The number of carbonyl (C=O) groups excluding carboxylic acids is 1. The molecule has 0 aromatic heterocycles. The monoisotopic (exact) mass is 370 g/mol. The maximum Gasteiger partial charge on any atom is 0.341 e. The molecule has 1 saturated heterocycles. The molecule has 1 aliphatic rings. The van der Waals surface area contributed by atoms with E-state index in [9.17, 15) is 27.5 Å². The second-order valence-electron chi connectivity index (χ2n) is 5.16. The van der Waals surface area contributed by atoms with Crippen molar-refractivity contribution in [3.8, 4) is 11.5 Å². The van der Waals surface area contributed by atoms with Crippen molar-refractivity contribution >= 4 is 38.5 Å². The second kappa shape index (κ2) is 5.77. The van der Waals surface area contributed by atoms with Crippen LogP contribution in [-0.2, 0) is 19.8 Å². The van der Waals surface area contributed by atoms with E-state index in [2.05, 4.69) is 0 Å². The van der Waals surface area contributed by atoms with Gasteiger partial charge in [0.05, 0.1) is 0 Å². The Morgan fingerprint density at radius 1 is 1.36 bits per heavy atom. The van der Waals surface area contributed by atoms with Crippen LogP contribution in [0.1, 0.15) is 0 Å². The molecular formula is C14H11FN2O7S. The number of hydrogen-bond donors (Lipinski definition) is 3. The first-order valence-electron chi connectivity index (χ1n) is 6.82. The fourth-order valence-electron chi connectivity index (χ4n) is 2.42. The zero-order valence-electron chi connectivity index (χ0n) is 12.4. The number of phenols is 1. The van der Waals surface area contributed by atoms with E-state index in [1.54, 1.807) is 4.72 Å². The third-order valence-corrected chi connectivity index (χ3v) is 4.81. The van der Waals surface area contributed by atoms with Gasteiger partial charge in [0, 0.05) is 5.39 Å². The van der Waals surface area contributed by atoms with Crippen LogP contribution in [0, 0.1) is 5.82 Å². The molecule has 0 spiro atoms. The van der Waals surface area contributed by atoms with Crippen LogP contribution in [0.25, 0.3) is 10.8 Å². The van der Waals surface area contributed by atoms with Crippen LogP contribution in [0.15, 0.2) is 24.3 Å². The first-order chi connectivity index (χ1) is 11.7. The highest BCUT2D eigenvalue weighted by Crippen LogP contribution is 2.39. The van der Waals surface area contributed by atoms with Gasteiger partial charge in [-0.1, -0.05) is 6.07 Å².